The monoisotopic (exact) mass is 423 g/mol. The average Bonchev–Trinajstić information content (AvgIpc) is 3.13. The van der Waals surface area contributed by atoms with Gasteiger partial charge in [0.2, 0.25) is 5.91 Å². The molecular weight excluding hydrogens is 402 g/mol. The molecule has 4 rings (SSSR count). The molecular formula is C18H22ClN5O3S. The standard InChI is InChI=1S/C18H22ClN5O3S/c1-10(25)17-21-23(9-16(26)20-11-4-3-5-22(2)8-11)18(27)13-6-14-12(24(13)17)7-15(19)28-14/h6-7,10-11,25H,3-5,8-9H2,1-2H3,(H,20,26)/t10?,11-/m1/s1. The molecule has 0 spiro atoms. The maximum absolute atomic E-state index is 12.9. The summed E-state index contributed by atoms with van der Waals surface area (Å²) in [5.41, 5.74) is 0.723. The molecule has 1 aliphatic rings. The number of hydrogen-bond acceptors (Lipinski definition) is 6. The highest BCUT2D eigenvalue weighted by Crippen LogP contribution is 2.32. The largest absolute Gasteiger partial charge is 0.385 e. The number of halogens is 1. The Morgan fingerprint density at radius 2 is 2.25 bits per heavy atom. The summed E-state index contributed by atoms with van der Waals surface area (Å²) < 4.78 is 4.18. The van der Waals surface area contributed by atoms with E-state index in [9.17, 15) is 14.7 Å². The molecule has 1 aliphatic heterocycles. The fourth-order valence-electron chi connectivity index (χ4n) is 3.78. The van der Waals surface area contributed by atoms with Gasteiger partial charge in [-0.3, -0.25) is 14.0 Å². The number of piperidine rings is 1. The summed E-state index contributed by atoms with van der Waals surface area (Å²) in [5.74, 6) is 0.0384. The molecule has 0 radical (unpaired) electrons. The van der Waals surface area contributed by atoms with E-state index in [1.807, 2.05) is 7.05 Å². The molecule has 3 aromatic heterocycles. The van der Waals surface area contributed by atoms with Gasteiger partial charge >= 0.3 is 0 Å². The van der Waals surface area contributed by atoms with Crippen molar-refractivity contribution in [1.29, 1.82) is 0 Å². The lowest BCUT2D eigenvalue weighted by molar-refractivity contribution is -0.123. The zero-order valence-electron chi connectivity index (χ0n) is 15.7. The van der Waals surface area contributed by atoms with E-state index < -0.39 is 6.10 Å². The molecule has 1 saturated heterocycles. The Kier molecular flexibility index (Phi) is 5.17. The normalized spacial score (nSPS) is 19.4. The Hall–Kier alpha value is -1.94. The van der Waals surface area contributed by atoms with Crippen LogP contribution in [0.1, 0.15) is 31.7 Å². The van der Waals surface area contributed by atoms with Crippen LogP contribution >= 0.6 is 22.9 Å². The third kappa shape index (κ3) is 3.55. The second-order valence-corrected chi connectivity index (χ2v) is 9.05. The molecule has 3 aromatic rings. The zero-order chi connectivity index (χ0) is 20.0. The Balaban J connectivity index is 1.68. The van der Waals surface area contributed by atoms with Crippen LogP contribution in [0.25, 0.3) is 15.7 Å². The highest BCUT2D eigenvalue weighted by atomic mass is 35.5. The van der Waals surface area contributed by atoms with Crippen molar-refractivity contribution < 1.29 is 9.90 Å². The van der Waals surface area contributed by atoms with Crippen LogP contribution < -0.4 is 10.9 Å². The highest BCUT2D eigenvalue weighted by Gasteiger charge is 2.22. The lowest BCUT2D eigenvalue weighted by Gasteiger charge is -2.30. The fourth-order valence-corrected chi connectivity index (χ4v) is 4.94. The van der Waals surface area contributed by atoms with Crippen LogP contribution in [0.4, 0.5) is 0 Å². The number of likely N-dealkylation sites (N-methyl/N-ethyl adjacent to an activating group) is 1. The van der Waals surface area contributed by atoms with Gasteiger partial charge in [-0.1, -0.05) is 11.6 Å². The van der Waals surface area contributed by atoms with E-state index >= 15 is 0 Å². The van der Waals surface area contributed by atoms with Gasteiger partial charge in [0.05, 0.1) is 14.6 Å². The van der Waals surface area contributed by atoms with Crippen LogP contribution in [0, 0.1) is 0 Å². The number of nitrogens with zero attached hydrogens (tertiary/aromatic N) is 4. The molecule has 10 heteroatoms. The molecule has 2 N–H and O–H groups in total. The fraction of sp³-hybridized carbons (Fsp3) is 0.500. The van der Waals surface area contributed by atoms with Crippen molar-refractivity contribution in [2.24, 2.45) is 0 Å². The summed E-state index contributed by atoms with van der Waals surface area (Å²) in [6.45, 7) is 3.21. The van der Waals surface area contributed by atoms with E-state index in [1.54, 1.807) is 23.5 Å². The number of rotatable bonds is 4. The third-order valence-corrected chi connectivity index (χ3v) is 6.22. The minimum absolute atomic E-state index is 0.0719. The van der Waals surface area contributed by atoms with E-state index in [0.29, 0.717) is 15.7 Å². The van der Waals surface area contributed by atoms with Crippen molar-refractivity contribution in [3.63, 3.8) is 0 Å². The number of carbonyl (C=O) groups is 1. The summed E-state index contributed by atoms with van der Waals surface area (Å²) in [6.07, 6.45) is 1.03. The van der Waals surface area contributed by atoms with Gasteiger partial charge < -0.3 is 15.3 Å². The van der Waals surface area contributed by atoms with Gasteiger partial charge in [-0.15, -0.1) is 11.3 Å². The van der Waals surface area contributed by atoms with Gasteiger partial charge in [-0.2, -0.15) is 5.10 Å². The number of amides is 1. The van der Waals surface area contributed by atoms with Crippen molar-refractivity contribution >= 4 is 44.6 Å². The molecule has 0 bridgehead atoms. The van der Waals surface area contributed by atoms with E-state index in [1.165, 1.54) is 11.3 Å². The van der Waals surface area contributed by atoms with Gasteiger partial charge in [0.15, 0.2) is 5.82 Å². The number of aliphatic hydroxyl groups is 1. The number of nitrogens with one attached hydrogen (secondary N) is 1. The molecule has 8 nitrogen and oxygen atoms in total. The summed E-state index contributed by atoms with van der Waals surface area (Å²) in [6, 6.07) is 3.55. The number of aliphatic hydroxyl groups excluding tert-OH is 1. The lowest BCUT2D eigenvalue weighted by atomic mass is 10.1. The molecule has 150 valence electrons. The molecule has 2 atom stereocenters. The minimum atomic E-state index is -0.918. The van der Waals surface area contributed by atoms with Crippen molar-refractivity contribution in [2.75, 3.05) is 20.1 Å². The molecule has 0 aromatic carbocycles. The van der Waals surface area contributed by atoms with Gasteiger partial charge in [0.1, 0.15) is 18.2 Å². The Labute approximate surface area is 170 Å². The second-order valence-electron chi connectivity index (χ2n) is 7.33. The van der Waals surface area contributed by atoms with Crippen LogP contribution in [0.5, 0.6) is 0 Å². The lowest BCUT2D eigenvalue weighted by Crippen LogP contribution is -2.48. The van der Waals surface area contributed by atoms with E-state index in [0.717, 1.165) is 40.8 Å². The van der Waals surface area contributed by atoms with Gasteiger partial charge in [0, 0.05) is 12.6 Å². The maximum Gasteiger partial charge on any atom is 0.291 e. The molecule has 28 heavy (non-hydrogen) atoms. The summed E-state index contributed by atoms with van der Waals surface area (Å²) in [7, 11) is 2.03. The Bertz CT molecular complexity index is 1100. The van der Waals surface area contributed by atoms with Crippen molar-refractivity contribution in [3.8, 4) is 0 Å². The van der Waals surface area contributed by atoms with Crippen LogP contribution in [0.15, 0.2) is 16.9 Å². The van der Waals surface area contributed by atoms with E-state index in [2.05, 4.69) is 15.3 Å². The first-order chi connectivity index (χ1) is 13.3. The van der Waals surface area contributed by atoms with Gasteiger partial charge in [0.25, 0.3) is 5.56 Å². The van der Waals surface area contributed by atoms with Crippen LogP contribution in [-0.2, 0) is 11.3 Å². The summed E-state index contributed by atoms with van der Waals surface area (Å²) in [5, 5.41) is 17.5. The number of aromatic nitrogens is 3. The summed E-state index contributed by atoms with van der Waals surface area (Å²) >= 11 is 7.44. The first-order valence-corrected chi connectivity index (χ1v) is 10.4. The Morgan fingerprint density at radius 1 is 1.46 bits per heavy atom. The van der Waals surface area contributed by atoms with Crippen molar-refractivity contribution in [3.05, 3.63) is 32.6 Å². The van der Waals surface area contributed by atoms with Gasteiger partial charge in [-0.25, -0.2) is 4.68 Å². The number of thiophene rings is 1. The second kappa shape index (κ2) is 7.47. The number of hydrogen-bond donors (Lipinski definition) is 2. The maximum atomic E-state index is 12.9. The zero-order valence-corrected chi connectivity index (χ0v) is 17.3. The number of carbonyl (C=O) groups excluding carboxylic acids is 1. The minimum Gasteiger partial charge on any atom is -0.385 e. The molecule has 1 unspecified atom stereocenters. The molecule has 4 heterocycles. The van der Waals surface area contributed by atoms with Crippen molar-refractivity contribution in [2.45, 2.75) is 38.5 Å². The average molecular weight is 424 g/mol. The quantitative estimate of drug-likeness (QED) is 0.665. The first-order valence-electron chi connectivity index (χ1n) is 9.21. The summed E-state index contributed by atoms with van der Waals surface area (Å²) in [4.78, 5) is 27.6. The number of likely N-dealkylation sites (tertiary alicyclic amines) is 1. The van der Waals surface area contributed by atoms with Crippen LogP contribution in [-0.4, -0.2) is 56.3 Å². The molecule has 0 aliphatic carbocycles. The highest BCUT2D eigenvalue weighted by molar-refractivity contribution is 7.22. The van der Waals surface area contributed by atoms with Crippen LogP contribution in [0.3, 0.4) is 0 Å². The smallest absolute Gasteiger partial charge is 0.291 e. The Morgan fingerprint density at radius 3 is 2.96 bits per heavy atom. The van der Waals surface area contributed by atoms with Crippen molar-refractivity contribution in [1.82, 2.24) is 24.4 Å². The predicted octanol–water partition coefficient (Wildman–Crippen LogP) is 1.63. The number of fused-ring (bicyclic) bond motifs is 3. The topological polar surface area (TPSA) is 91.9 Å². The van der Waals surface area contributed by atoms with Gasteiger partial charge in [-0.05, 0) is 45.5 Å². The SMILES string of the molecule is CC(O)c1nn(CC(=O)N[C@@H]2CCCN(C)C2)c(=O)c2cc3sc(Cl)cc3n12. The molecule has 0 saturated carbocycles. The van der Waals surface area contributed by atoms with E-state index in [4.69, 9.17) is 11.6 Å². The van der Waals surface area contributed by atoms with Crippen LogP contribution in [0.2, 0.25) is 4.34 Å². The molecule has 1 amide bonds. The predicted molar refractivity (Wildman–Crippen MR) is 109 cm³/mol. The first kappa shape index (κ1) is 19.4. The van der Waals surface area contributed by atoms with E-state index in [-0.39, 0.29) is 24.1 Å². The third-order valence-electron chi connectivity index (χ3n) is 5.02. The molecule has 1 fully saturated rings.